The molecule has 4 heterocycles. The molecule has 0 bridgehead atoms. The van der Waals surface area contributed by atoms with Crippen LogP contribution >= 0.6 is 11.6 Å². The van der Waals surface area contributed by atoms with Crippen LogP contribution in [0.15, 0.2) is 42.9 Å². The van der Waals surface area contributed by atoms with Gasteiger partial charge in [-0.1, -0.05) is 11.6 Å². The van der Waals surface area contributed by atoms with E-state index >= 15 is 0 Å². The van der Waals surface area contributed by atoms with Gasteiger partial charge in [0.15, 0.2) is 0 Å². The summed E-state index contributed by atoms with van der Waals surface area (Å²) in [5.74, 6) is 1.71. The first-order valence-corrected chi connectivity index (χ1v) is 10.4. The van der Waals surface area contributed by atoms with Gasteiger partial charge >= 0.3 is 0 Å². The third kappa shape index (κ3) is 5.88. The number of aldehydes is 1. The van der Waals surface area contributed by atoms with E-state index in [0.717, 1.165) is 54.3 Å². The average Bonchev–Trinajstić information content (AvgIpc) is 3.18. The number of anilines is 2. The SMILES string of the molecule is CNc1ccc(-c2cncc(Cl)c2)cn1.Cc1cc2n(n1)CCCN2C(=O)CCC=O. The lowest BCUT2D eigenvalue weighted by Crippen LogP contribution is -2.37. The van der Waals surface area contributed by atoms with Crippen LogP contribution in [0, 0.1) is 6.92 Å². The molecule has 4 rings (SSSR count). The molecule has 3 aromatic heterocycles. The van der Waals surface area contributed by atoms with Crippen LogP contribution in [0.3, 0.4) is 0 Å². The second-order valence-electron chi connectivity index (χ2n) is 7.05. The Labute approximate surface area is 186 Å². The number of hydrogen-bond donors (Lipinski definition) is 1. The molecule has 9 heteroatoms. The van der Waals surface area contributed by atoms with E-state index in [4.69, 9.17) is 11.6 Å². The number of amides is 1. The van der Waals surface area contributed by atoms with E-state index in [1.165, 1.54) is 0 Å². The number of halogens is 1. The van der Waals surface area contributed by atoms with Crippen LogP contribution in [0.1, 0.15) is 25.0 Å². The van der Waals surface area contributed by atoms with Crippen molar-refractivity contribution in [2.75, 3.05) is 23.8 Å². The van der Waals surface area contributed by atoms with Crippen LogP contribution in [-0.2, 0) is 16.1 Å². The Morgan fingerprint density at radius 3 is 2.71 bits per heavy atom. The summed E-state index contributed by atoms with van der Waals surface area (Å²) in [5, 5.41) is 7.91. The molecule has 3 aromatic rings. The second-order valence-corrected chi connectivity index (χ2v) is 7.48. The lowest BCUT2D eigenvalue weighted by atomic mass is 10.1. The summed E-state index contributed by atoms with van der Waals surface area (Å²) >= 11 is 5.86. The summed E-state index contributed by atoms with van der Waals surface area (Å²) in [6, 6.07) is 7.67. The Hall–Kier alpha value is -3.26. The quantitative estimate of drug-likeness (QED) is 0.607. The van der Waals surface area contributed by atoms with Gasteiger partial charge in [0, 0.05) is 68.8 Å². The number of aryl methyl sites for hydroxylation is 2. The summed E-state index contributed by atoms with van der Waals surface area (Å²) in [7, 11) is 1.84. The maximum atomic E-state index is 11.9. The van der Waals surface area contributed by atoms with Crippen LogP contribution in [0.5, 0.6) is 0 Å². The Morgan fingerprint density at radius 1 is 1.19 bits per heavy atom. The van der Waals surface area contributed by atoms with Gasteiger partial charge in [-0.25, -0.2) is 9.67 Å². The third-order valence-electron chi connectivity index (χ3n) is 4.74. The van der Waals surface area contributed by atoms with Crippen LogP contribution in [0.2, 0.25) is 5.02 Å². The van der Waals surface area contributed by atoms with Crippen LogP contribution < -0.4 is 10.2 Å². The standard InChI is InChI=1S/C11H10ClN3.C11H15N3O2/c1-13-11-3-2-8(6-15-11)9-4-10(12)7-14-5-9;1-9-8-10-13(11(16)4-2-7-15)5-3-6-14(10)12-9/h2-7H,1H3,(H,13,15);7-8H,2-6H2,1H3. The molecule has 162 valence electrons. The lowest BCUT2D eigenvalue weighted by molar-refractivity contribution is -0.120. The number of rotatable bonds is 5. The Bertz CT molecular complexity index is 1030. The molecule has 0 unspecified atom stereocenters. The molecule has 0 fully saturated rings. The van der Waals surface area contributed by atoms with E-state index in [1.54, 1.807) is 23.5 Å². The first-order chi connectivity index (χ1) is 15.0. The maximum Gasteiger partial charge on any atom is 0.228 e. The van der Waals surface area contributed by atoms with Gasteiger partial charge in [-0.05, 0) is 31.5 Å². The van der Waals surface area contributed by atoms with Crippen molar-refractivity contribution in [3.8, 4) is 11.1 Å². The molecule has 0 saturated carbocycles. The van der Waals surface area contributed by atoms with Gasteiger partial charge in [-0.3, -0.25) is 14.7 Å². The van der Waals surface area contributed by atoms with Gasteiger partial charge in [-0.15, -0.1) is 0 Å². The van der Waals surface area contributed by atoms with E-state index in [9.17, 15) is 9.59 Å². The van der Waals surface area contributed by atoms with E-state index in [1.807, 2.05) is 42.9 Å². The highest BCUT2D eigenvalue weighted by molar-refractivity contribution is 6.30. The van der Waals surface area contributed by atoms with Crippen molar-refractivity contribution in [1.29, 1.82) is 0 Å². The zero-order valence-corrected chi connectivity index (χ0v) is 18.3. The molecule has 0 radical (unpaired) electrons. The summed E-state index contributed by atoms with van der Waals surface area (Å²) < 4.78 is 1.86. The highest BCUT2D eigenvalue weighted by Crippen LogP contribution is 2.23. The minimum Gasteiger partial charge on any atom is -0.373 e. The predicted molar refractivity (Wildman–Crippen MR) is 121 cm³/mol. The minimum absolute atomic E-state index is 0.00736. The number of hydrogen-bond acceptors (Lipinski definition) is 6. The van der Waals surface area contributed by atoms with Crippen molar-refractivity contribution >= 4 is 35.4 Å². The first-order valence-electron chi connectivity index (χ1n) is 10.0. The Morgan fingerprint density at radius 2 is 2.03 bits per heavy atom. The Kier molecular flexibility index (Phi) is 7.72. The molecule has 0 saturated heterocycles. The van der Waals surface area contributed by atoms with Crippen molar-refractivity contribution < 1.29 is 9.59 Å². The van der Waals surface area contributed by atoms with Crippen molar-refractivity contribution in [3.63, 3.8) is 0 Å². The van der Waals surface area contributed by atoms with E-state index < -0.39 is 0 Å². The highest BCUT2D eigenvalue weighted by Gasteiger charge is 2.23. The average molecular weight is 441 g/mol. The van der Waals surface area contributed by atoms with Gasteiger partial charge in [-0.2, -0.15) is 5.10 Å². The first kappa shape index (κ1) is 22.4. The predicted octanol–water partition coefficient (Wildman–Crippen LogP) is 3.75. The second kappa shape index (κ2) is 10.7. The van der Waals surface area contributed by atoms with Crippen molar-refractivity contribution in [2.45, 2.75) is 32.7 Å². The molecule has 0 atom stereocenters. The molecular formula is C22H25ClN6O2. The number of carbonyl (C=O) groups excluding carboxylic acids is 2. The van der Waals surface area contributed by atoms with Crippen molar-refractivity contribution in [2.24, 2.45) is 0 Å². The van der Waals surface area contributed by atoms with E-state index in [0.29, 0.717) is 11.4 Å². The largest absolute Gasteiger partial charge is 0.373 e. The maximum absolute atomic E-state index is 11.9. The molecule has 1 amide bonds. The fourth-order valence-corrected chi connectivity index (χ4v) is 3.43. The smallest absolute Gasteiger partial charge is 0.228 e. The molecule has 1 N–H and O–H groups in total. The topological polar surface area (TPSA) is 93.0 Å². The highest BCUT2D eigenvalue weighted by atomic mass is 35.5. The number of nitrogens with zero attached hydrogens (tertiary/aromatic N) is 5. The number of fused-ring (bicyclic) bond motifs is 1. The van der Waals surface area contributed by atoms with Crippen LogP contribution in [0.4, 0.5) is 11.6 Å². The summed E-state index contributed by atoms with van der Waals surface area (Å²) in [6.07, 6.45) is 7.45. The van der Waals surface area contributed by atoms with Crippen molar-refractivity contribution in [3.05, 3.63) is 53.6 Å². The normalized spacial score (nSPS) is 12.4. The molecule has 31 heavy (non-hydrogen) atoms. The fourth-order valence-electron chi connectivity index (χ4n) is 3.26. The number of nitrogens with one attached hydrogen (secondary N) is 1. The fraction of sp³-hybridized carbons (Fsp3) is 0.318. The van der Waals surface area contributed by atoms with Gasteiger partial charge < -0.3 is 10.1 Å². The number of pyridine rings is 2. The van der Waals surface area contributed by atoms with Gasteiger partial charge in [0.05, 0.1) is 10.7 Å². The molecule has 8 nitrogen and oxygen atoms in total. The minimum atomic E-state index is 0.00736. The lowest BCUT2D eigenvalue weighted by Gasteiger charge is -2.27. The zero-order chi connectivity index (χ0) is 22.2. The van der Waals surface area contributed by atoms with Crippen LogP contribution in [-0.4, -0.2) is 45.5 Å². The molecule has 1 aliphatic rings. The molecule has 0 spiro atoms. The van der Waals surface area contributed by atoms with Crippen molar-refractivity contribution in [1.82, 2.24) is 19.7 Å². The molecule has 1 aliphatic heterocycles. The number of carbonyl (C=O) groups is 2. The zero-order valence-electron chi connectivity index (χ0n) is 17.6. The summed E-state index contributed by atoms with van der Waals surface area (Å²) in [6.45, 7) is 3.50. The van der Waals surface area contributed by atoms with Gasteiger partial charge in [0.25, 0.3) is 0 Å². The molecular weight excluding hydrogens is 416 g/mol. The van der Waals surface area contributed by atoms with Gasteiger partial charge in [0.2, 0.25) is 5.91 Å². The summed E-state index contributed by atoms with van der Waals surface area (Å²) in [5.41, 5.74) is 2.90. The monoisotopic (exact) mass is 440 g/mol. The summed E-state index contributed by atoms with van der Waals surface area (Å²) in [4.78, 5) is 32.1. The van der Waals surface area contributed by atoms with E-state index in [2.05, 4.69) is 20.4 Å². The van der Waals surface area contributed by atoms with Crippen LogP contribution in [0.25, 0.3) is 11.1 Å². The molecule has 0 aromatic carbocycles. The Balaban J connectivity index is 0.000000176. The number of aromatic nitrogens is 4. The molecule has 0 aliphatic carbocycles. The van der Waals surface area contributed by atoms with E-state index in [-0.39, 0.29) is 12.3 Å². The third-order valence-corrected chi connectivity index (χ3v) is 4.95. The van der Waals surface area contributed by atoms with Gasteiger partial charge in [0.1, 0.15) is 17.9 Å².